The number of anilines is 1. The van der Waals surface area contributed by atoms with Crippen molar-refractivity contribution in [3.8, 4) is 11.5 Å². The molecule has 4 aromatic rings. The minimum absolute atomic E-state index is 0.0142. The fourth-order valence-corrected chi connectivity index (χ4v) is 5.61. The first-order valence-electron chi connectivity index (χ1n) is 10.3. The molecule has 5 rings (SSSR count). The third-order valence-electron chi connectivity index (χ3n) is 5.62. The van der Waals surface area contributed by atoms with Crippen molar-refractivity contribution < 1.29 is 12.8 Å². The molecule has 1 aliphatic rings. The molecule has 3 aromatic carbocycles. The number of nitrogens with zero attached hydrogens (tertiary/aromatic N) is 2. The van der Waals surface area contributed by atoms with Gasteiger partial charge >= 0.3 is 0 Å². The summed E-state index contributed by atoms with van der Waals surface area (Å²) in [5, 5.41) is 2.01. The van der Waals surface area contributed by atoms with Crippen LogP contribution < -0.4 is 4.90 Å². The van der Waals surface area contributed by atoms with Crippen LogP contribution in [0.4, 0.5) is 5.88 Å². The first-order chi connectivity index (χ1) is 15.0. The Morgan fingerprint density at radius 1 is 0.871 bits per heavy atom. The predicted octanol–water partition coefficient (Wildman–Crippen LogP) is 6.08. The highest BCUT2D eigenvalue weighted by Gasteiger charge is 2.32. The molecular formula is C24H21BrN2O3S. The lowest BCUT2D eigenvalue weighted by Crippen LogP contribution is -2.30. The lowest BCUT2D eigenvalue weighted by atomic mass is 10.0. The van der Waals surface area contributed by atoms with Crippen LogP contribution in [0.15, 0.2) is 85.5 Å². The number of hydrogen-bond donors (Lipinski definition) is 0. The Balaban J connectivity index is 1.70. The number of benzene rings is 3. The van der Waals surface area contributed by atoms with Crippen LogP contribution in [0.3, 0.4) is 0 Å². The van der Waals surface area contributed by atoms with E-state index in [1.165, 1.54) is 0 Å². The number of fused-ring (bicyclic) bond motifs is 1. The second-order valence-electron chi connectivity index (χ2n) is 7.66. The van der Waals surface area contributed by atoms with E-state index in [1.807, 2.05) is 47.4 Å². The molecule has 0 radical (unpaired) electrons. The van der Waals surface area contributed by atoms with Gasteiger partial charge in [-0.1, -0.05) is 52.3 Å². The number of rotatable bonds is 4. The average Bonchev–Trinajstić information content (AvgIpc) is 3.26. The molecule has 0 amide bonds. The molecule has 1 aromatic heterocycles. The molecule has 158 valence electrons. The number of piperidine rings is 1. The van der Waals surface area contributed by atoms with Crippen LogP contribution >= 0.6 is 15.9 Å². The van der Waals surface area contributed by atoms with E-state index in [1.54, 1.807) is 24.3 Å². The summed E-state index contributed by atoms with van der Waals surface area (Å²) in [6.07, 6.45) is 3.14. The smallest absolute Gasteiger partial charge is 0.236 e. The Morgan fingerprint density at radius 2 is 1.58 bits per heavy atom. The molecule has 31 heavy (non-hydrogen) atoms. The Bertz CT molecular complexity index is 1340. The summed E-state index contributed by atoms with van der Waals surface area (Å²) in [6, 6.07) is 20.5. The van der Waals surface area contributed by atoms with E-state index in [2.05, 4.69) is 20.9 Å². The van der Waals surface area contributed by atoms with Crippen LogP contribution in [0, 0.1) is 0 Å². The van der Waals surface area contributed by atoms with Crippen LogP contribution in [-0.2, 0) is 9.84 Å². The zero-order valence-corrected chi connectivity index (χ0v) is 19.2. The Kier molecular flexibility index (Phi) is 5.32. The zero-order valence-electron chi connectivity index (χ0n) is 16.8. The SMILES string of the molecule is O=S(=O)(c1ccc(Br)cc1)c1nc(-c2cccc3ccccc23)oc1N1CCCCC1. The van der Waals surface area contributed by atoms with Gasteiger partial charge in [0.25, 0.3) is 0 Å². The number of aromatic nitrogens is 1. The first-order valence-corrected chi connectivity index (χ1v) is 12.6. The van der Waals surface area contributed by atoms with Crippen molar-refractivity contribution in [1.29, 1.82) is 0 Å². The van der Waals surface area contributed by atoms with Crippen molar-refractivity contribution in [2.75, 3.05) is 18.0 Å². The van der Waals surface area contributed by atoms with Gasteiger partial charge in [0.15, 0.2) is 0 Å². The molecule has 5 nitrogen and oxygen atoms in total. The second-order valence-corrected chi connectivity index (χ2v) is 10.4. The average molecular weight is 497 g/mol. The van der Waals surface area contributed by atoms with Gasteiger partial charge in [-0.2, -0.15) is 4.98 Å². The van der Waals surface area contributed by atoms with E-state index < -0.39 is 9.84 Å². The zero-order chi connectivity index (χ0) is 21.4. The molecular weight excluding hydrogens is 476 g/mol. The second kappa shape index (κ2) is 8.13. The van der Waals surface area contributed by atoms with Gasteiger partial charge in [-0.15, -0.1) is 0 Å². The molecule has 1 saturated heterocycles. The molecule has 0 bridgehead atoms. The lowest BCUT2D eigenvalue weighted by Gasteiger charge is -2.26. The Labute approximate surface area is 189 Å². The monoisotopic (exact) mass is 496 g/mol. The van der Waals surface area contributed by atoms with E-state index in [0.717, 1.165) is 53.2 Å². The molecule has 0 atom stereocenters. The lowest BCUT2D eigenvalue weighted by molar-refractivity contribution is 0.499. The fourth-order valence-electron chi connectivity index (χ4n) is 4.02. The molecule has 0 unspecified atom stereocenters. The largest absolute Gasteiger partial charge is 0.419 e. The molecule has 0 saturated carbocycles. The van der Waals surface area contributed by atoms with Crippen molar-refractivity contribution in [3.05, 3.63) is 71.2 Å². The fraction of sp³-hybridized carbons (Fsp3) is 0.208. The molecule has 1 fully saturated rings. The minimum atomic E-state index is -3.84. The molecule has 2 heterocycles. The maximum Gasteiger partial charge on any atom is 0.236 e. The summed E-state index contributed by atoms with van der Waals surface area (Å²) in [6.45, 7) is 1.51. The maximum atomic E-state index is 13.6. The van der Waals surface area contributed by atoms with Gasteiger partial charge < -0.3 is 9.32 Å². The first kappa shape index (κ1) is 20.3. The van der Waals surface area contributed by atoms with Gasteiger partial charge in [0, 0.05) is 23.1 Å². The van der Waals surface area contributed by atoms with Gasteiger partial charge in [0.05, 0.1) is 4.90 Å². The molecule has 7 heteroatoms. The van der Waals surface area contributed by atoms with E-state index in [0.29, 0.717) is 11.8 Å². The summed E-state index contributed by atoms with van der Waals surface area (Å²) in [7, 11) is -3.84. The van der Waals surface area contributed by atoms with Crippen LogP contribution in [0.2, 0.25) is 0 Å². The van der Waals surface area contributed by atoms with E-state index >= 15 is 0 Å². The van der Waals surface area contributed by atoms with E-state index in [4.69, 9.17) is 4.42 Å². The van der Waals surface area contributed by atoms with Gasteiger partial charge in [-0.25, -0.2) is 8.42 Å². The van der Waals surface area contributed by atoms with Gasteiger partial charge in [0.2, 0.25) is 26.6 Å². The molecule has 1 aliphatic heterocycles. The topological polar surface area (TPSA) is 63.4 Å². The number of sulfone groups is 1. The van der Waals surface area contributed by atoms with Gasteiger partial charge in [0.1, 0.15) is 0 Å². The number of oxazole rings is 1. The number of hydrogen-bond acceptors (Lipinski definition) is 5. The summed E-state index contributed by atoms with van der Waals surface area (Å²) < 4.78 is 34.1. The van der Waals surface area contributed by atoms with Crippen LogP contribution in [-0.4, -0.2) is 26.5 Å². The van der Waals surface area contributed by atoms with Crippen LogP contribution in [0.25, 0.3) is 22.2 Å². The third kappa shape index (κ3) is 3.77. The van der Waals surface area contributed by atoms with Crippen molar-refractivity contribution in [2.24, 2.45) is 0 Å². The van der Waals surface area contributed by atoms with Crippen LogP contribution in [0.5, 0.6) is 0 Å². The van der Waals surface area contributed by atoms with Gasteiger partial charge in [-0.05, 0) is 60.4 Å². The Morgan fingerprint density at radius 3 is 2.35 bits per heavy atom. The van der Waals surface area contributed by atoms with Crippen molar-refractivity contribution in [1.82, 2.24) is 4.98 Å². The quantitative estimate of drug-likeness (QED) is 0.342. The number of halogens is 1. The summed E-state index contributed by atoms with van der Waals surface area (Å²) in [5.41, 5.74) is 0.786. The van der Waals surface area contributed by atoms with Gasteiger partial charge in [-0.3, -0.25) is 0 Å². The molecule has 0 aliphatic carbocycles. The minimum Gasteiger partial charge on any atom is -0.419 e. The van der Waals surface area contributed by atoms with E-state index in [-0.39, 0.29) is 9.92 Å². The molecule has 0 N–H and O–H groups in total. The summed E-state index contributed by atoms with van der Waals surface area (Å²) >= 11 is 3.37. The van der Waals surface area contributed by atoms with Crippen molar-refractivity contribution >= 4 is 42.4 Å². The van der Waals surface area contributed by atoms with Crippen molar-refractivity contribution in [3.63, 3.8) is 0 Å². The Hall–Kier alpha value is -2.64. The predicted molar refractivity (Wildman–Crippen MR) is 125 cm³/mol. The normalized spacial score (nSPS) is 14.8. The highest BCUT2D eigenvalue weighted by molar-refractivity contribution is 9.10. The highest BCUT2D eigenvalue weighted by Crippen LogP contribution is 2.38. The highest BCUT2D eigenvalue weighted by atomic mass is 79.9. The van der Waals surface area contributed by atoms with E-state index in [9.17, 15) is 8.42 Å². The van der Waals surface area contributed by atoms with Crippen molar-refractivity contribution in [2.45, 2.75) is 29.2 Å². The maximum absolute atomic E-state index is 13.6. The molecule has 0 spiro atoms. The van der Waals surface area contributed by atoms with Crippen LogP contribution in [0.1, 0.15) is 19.3 Å². The third-order valence-corrected chi connectivity index (χ3v) is 7.82. The summed E-state index contributed by atoms with van der Waals surface area (Å²) in [4.78, 5) is 6.78. The standard InChI is InChI=1S/C24H21BrN2O3S/c25-18-11-13-19(14-12-18)31(28,29)23-24(27-15-4-1-5-16-27)30-22(26-23)21-10-6-8-17-7-2-3-9-20(17)21/h2-3,6-14H,1,4-5,15-16H2. The summed E-state index contributed by atoms with van der Waals surface area (Å²) in [5.74, 6) is 0.665.